The van der Waals surface area contributed by atoms with Crippen molar-refractivity contribution in [2.24, 2.45) is 5.92 Å². The van der Waals surface area contributed by atoms with Crippen LogP contribution in [0.15, 0.2) is 36.4 Å². The molecule has 1 saturated heterocycles. The van der Waals surface area contributed by atoms with Crippen LogP contribution in [0.1, 0.15) is 33.1 Å². The highest BCUT2D eigenvalue weighted by Gasteiger charge is 2.20. The molecule has 0 amide bonds. The van der Waals surface area contributed by atoms with E-state index in [2.05, 4.69) is 28.9 Å². The lowest BCUT2D eigenvalue weighted by atomic mass is 10.0. The summed E-state index contributed by atoms with van der Waals surface area (Å²) in [5.41, 5.74) is 1.81. The normalized spacial score (nSPS) is 19.6. The SMILES string of the molecule is CC(COc1ccc(-c2ccc(Cl)nn2)cc1)CN1CCCC[C@@H]1C. The predicted octanol–water partition coefficient (Wildman–Crippen LogP) is 4.69. The summed E-state index contributed by atoms with van der Waals surface area (Å²) in [6.45, 7) is 7.68. The van der Waals surface area contributed by atoms with E-state index in [9.17, 15) is 0 Å². The summed E-state index contributed by atoms with van der Waals surface area (Å²) in [5.74, 6) is 1.41. The van der Waals surface area contributed by atoms with Gasteiger partial charge in [-0.3, -0.25) is 0 Å². The molecule has 134 valence electrons. The molecule has 1 aromatic carbocycles. The van der Waals surface area contributed by atoms with E-state index in [0.717, 1.165) is 30.2 Å². The third kappa shape index (κ3) is 5.16. The van der Waals surface area contributed by atoms with Gasteiger partial charge < -0.3 is 9.64 Å². The van der Waals surface area contributed by atoms with E-state index in [1.807, 2.05) is 30.3 Å². The van der Waals surface area contributed by atoms with Crippen LogP contribution >= 0.6 is 11.6 Å². The number of piperidine rings is 1. The summed E-state index contributed by atoms with van der Waals surface area (Å²) in [4.78, 5) is 2.60. The van der Waals surface area contributed by atoms with Gasteiger partial charge in [0.2, 0.25) is 0 Å². The van der Waals surface area contributed by atoms with Gasteiger partial charge in [0.25, 0.3) is 0 Å². The van der Waals surface area contributed by atoms with Gasteiger partial charge in [-0.05, 0) is 62.7 Å². The molecule has 0 radical (unpaired) electrons. The highest BCUT2D eigenvalue weighted by Crippen LogP contribution is 2.22. The Morgan fingerprint density at radius 3 is 2.64 bits per heavy atom. The first-order valence-electron chi connectivity index (χ1n) is 9.08. The summed E-state index contributed by atoms with van der Waals surface area (Å²) < 4.78 is 5.97. The number of hydrogen-bond donors (Lipinski definition) is 0. The maximum atomic E-state index is 5.97. The predicted molar refractivity (Wildman–Crippen MR) is 102 cm³/mol. The van der Waals surface area contributed by atoms with Gasteiger partial charge in [0.1, 0.15) is 5.75 Å². The van der Waals surface area contributed by atoms with Crippen LogP contribution in [0, 0.1) is 5.92 Å². The van der Waals surface area contributed by atoms with Gasteiger partial charge in [-0.25, -0.2) is 0 Å². The quantitative estimate of drug-likeness (QED) is 0.750. The Bertz CT molecular complexity index is 660. The van der Waals surface area contributed by atoms with Crippen molar-refractivity contribution in [1.29, 1.82) is 0 Å². The van der Waals surface area contributed by atoms with Gasteiger partial charge in [-0.1, -0.05) is 24.9 Å². The van der Waals surface area contributed by atoms with Gasteiger partial charge in [0.05, 0.1) is 12.3 Å². The Morgan fingerprint density at radius 2 is 1.96 bits per heavy atom. The Labute approximate surface area is 155 Å². The fraction of sp³-hybridized carbons (Fsp3) is 0.500. The summed E-state index contributed by atoms with van der Waals surface area (Å²) in [6, 6.07) is 12.3. The zero-order valence-electron chi connectivity index (χ0n) is 15.0. The molecule has 2 aromatic rings. The molecule has 1 aliphatic heterocycles. The zero-order valence-corrected chi connectivity index (χ0v) is 15.7. The van der Waals surface area contributed by atoms with Crippen molar-refractivity contribution < 1.29 is 4.74 Å². The molecule has 0 N–H and O–H groups in total. The minimum Gasteiger partial charge on any atom is -0.493 e. The van der Waals surface area contributed by atoms with Crippen molar-refractivity contribution in [3.05, 3.63) is 41.6 Å². The maximum Gasteiger partial charge on any atom is 0.151 e. The van der Waals surface area contributed by atoms with Gasteiger partial charge >= 0.3 is 0 Å². The van der Waals surface area contributed by atoms with Gasteiger partial charge in [-0.15, -0.1) is 10.2 Å². The molecular weight excluding hydrogens is 334 g/mol. The lowest BCUT2D eigenvalue weighted by Crippen LogP contribution is -2.41. The van der Waals surface area contributed by atoms with Gasteiger partial charge in [0.15, 0.2) is 5.15 Å². The molecule has 1 aliphatic rings. The van der Waals surface area contributed by atoms with E-state index in [1.165, 1.54) is 25.8 Å². The lowest BCUT2D eigenvalue weighted by molar-refractivity contribution is 0.121. The van der Waals surface area contributed by atoms with Crippen LogP contribution in [-0.2, 0) is 0 Å². The molecule has 5 heteroatoms. The van der Waals surface area contributed by atoms with Gasteiger partial charge in [0, 0.05) is 24.1 Å². The van der Waals surface area contributed by atoms with Gasteiger partial charge in [-0.2, -0.15) is 0 Å². The molecule has 0 bridgehead atoms. The lowest BCUT2D eigenvalue weighted by Gasteiger charge is -2.35. The average Bonchev–Trinajstić information content (AvgIpc) is 2.63. The largest absolute Gasteiger partial charge is 0.493 e. The minimum atomic E-state index is 0.403. The van der Waals surface area contributed by atoms with Crippen LogP contribution in [0.4, 0.5) is 0 Å². The van der Waals surface area contributed by atoms with Crippen molar-refractivity contribution in [2.75, 3.05) is 19.7 Å². The van der Waals surface area contributed by atoms with Crippen molar-refractivity contribution in [3.8, 4) is 17.0 Å². The number of likely N-dealkylation sites (tertiary alicyclic amines) is 1. The first-order chi connectivity index (χ1) is 12.1. The van der Waals surface area contributed by atoms with Crippen LogP contribution in [0.3, 0.4) is 0 Å². The van der Waals surface area contributed by atoms with Crippen LogP contribution in [0.5, 0.6) is 5.75 Å². The van der Waals surface area contributed by atoms with Crippen molar-refractivity contribution in [3.63, 3.8) is 0 Å². The molecule has 2 heterocycles. The fourth-order valence-corrected chi connectivity index (χ4v) is 3.41. The number of benzene rings is 1. The highest BCUT2D eigenvalue weighted by atomic mass is 35.5. The van der Waals surface area contributed by atoms with E-state index in [4.69, 9.17) is 16.3 Å². The summed E-state index contributed by atoms with van der Waals surface area (Å²) in [7, 11) is 0. The monoisotopic (exact) mass is 359 g/mol. The number of nitrogens with zero attached hydrogens (tertiary/aromatic N) is 3. The molecule has 0 aliphatic carbocycles. The second-order valence-electron chi connectivity index (χ2n) is 7.02. The molecule has 1 unspecified atom stereocenters. The number of rotatable bonds is 6. The van der Waals surface area contributed by atoms with E-state index in [0.29, 0.717) is 17.1 Å². The van der Waals surface area contributed by atoms with E-state index in [-0.39, 0.29) is 0 Å². The van der Waals surface area contributed by atoms with Crippen molar-refractivity contribution in [1.82, 2.24) is 15.1 Å². The van der Waals surface area contributed by atoms with E-state index < -0.39 is 0 Å². The van der Waals surface area contributed by atoms with E-state index >= 15 is 0 Å². The van der Waals surface area contributed by atoms with Crippen LogP contribution in [-0.4, -0.2) is 40.8 Å². The molecule has 2 atom stereocenters. The Kier molecular flexibility index (Phi) is 6.27. The Hall–Kier alpha value is -1.65. The summed E-state index contributed by atoms with van der Waals surface area (Å²) in [6.07, 6.45) is 4.02. The summed E-state index contributed by atoms with van der Waals surface area (Å²) in [5, 5.41) is 8.38. The molecule has 4 nitrogen and oxygen atoms in total. The second-order valence-corrected chi connectivity index (χ2v) is 7.41. The first-order valence-corrected chi connectivity index (χ1v) is 9.46. The zero-order chi connectivity index (χ0) is 17.6. The number of hydrogen-bond acceptors (Lipinski definition) is 4. The third-order valence-electron chi connectivity index (χ3n) is 4.80. The first kappa shape index (κ1) is 18.2. The topological polar surface area (TPSA) is 38.3 Å². The smallest absolute Gasteiger partial charge is 0.151 e. The van der Waals surface area contributed by atoms with Crippen molar-refractivity contribution in [2.45, 2.75) is 39.2 Å². The molecule has 25 heavy (non-hydrogen) atoms. The molecule has 0 saturated carbocycles. The Morgan fingerprint density at radius 1 is 1.16 bits per heavy atom. The number of ether oxygens (including phenoxy) is 1. The number of halogens is 1. The average molecular weight is 360 g/mol. The molecule has 1 aromatic heterocycles. The molecule has 3 rings (SSSR count). The summed E-state index contributed by atoms with van der Waals surface area (Å²) >= 11 is 5.78. The molecule has 0 spiro atoms. The van der Waals surface area contributed by atoms with Crippen molar-refractivity contribution >= 4 is 11.6 Å². The third-order valence-corrected chi connectivity index (χ3v) is 5.00. The Balaban J connectivity index is 1.50. The van der Waals surface area contributed by atoms with Crippen LogP contribution in [0.25, 0.3) is 11.3 Å². The highest BCUT2D eigenvalue weighted by molar-refractivity contribution is 6.29. The number of aromatic nitrogens is 2. The van der Waals surface area contributed by atoms with Crippen LogP contribution < -0.4 is 4.74 Å². The van der Waals surface area contributed by atoms with Crippen LogP contribution in [0.2, 0.25) is 5.15 Å². The standard InChI is InChI=1S/C20H26ClN3O/c1-15(13-24-12-4-3-5-16(24)2)14-25-18-8-6-17(7-9-18)19-10-11-20(21)23-22-19/h6-11,15-16H,3-5,12-14H2,1-2H3/t15?,16-/m0/s1. The fourth-order valence-electron chi connectivity index (χ4n) is 3.31. The second kappa shape index (κ2) is 8.63. The molecular formula is C20H26ClN3O. The van der Waals surface area contributed by atoms with E-state index in [1.54, 1.807) is 6.07 Å². The maximum absolute atomic E-state index is 5.97. The minimum absolute atomic E-state index is 0.403. The molecule has 1 fully saturated rings.